The SMILES string of the molecule is C=Nc1ccc(C(=O)C(=C)c2ccc(O)cc2)c(N)c1. The molecule has 0 saturated heterocycles. The van der Waals surface area contributed by atoms with E-state index in [0.29, 0.717) is 28.1 Å². The number of carbonyl (C=O) groups excluding carboxylic acids is 1. The van der Waals surface area contributed by atoms with Gasteiger partial charge in [-0.1, -0.05) is 18.7 Å². The van der Waals surface area contributed by atoms with Gasteiger partial charge in [0.1, 0.15) is 5.75 Å². The Bertz CT molecular complexity index is 688. The van der Waals surface area contributed by atoms with E-state index < -0.39 is 0 Å². The van der Waals surface area contributed by atoms with Crippen molar-refractivity contribution >= 4 is 29.4 Å². The standard InChI is InChI=1S/C16H14N2O2/c1-10(11-3-6-13(19)7-4-11)16(20)14-8-5-12(18-2)9-15(14)17/h3-9,19H,1-2,17H2. The van der Waals surface area contributed by atoms with E-state index in [1.165, 1.54) is 12.1 Å². The summed E-state index contributed by atoms with van der Waals surface area (Å²) in [5, 5.41) is 9.24. The van der Waals surface area contributed by atoms with E-state index >= 15 is 0 Å². The zero-order valence-electron chi connectivity index (χ0n) is 10.8. The van der Waals surface area contributed by atoms with Gasteiger partial charge >= 0.3 is 0 Å². The van der Waals surface area contributed by atoms with E-state index in [9.17, 15) is 9.90 Å². The van der Waals surface area contributed by atoms with Crippen LogP contribution in [0.15, 0.2) is 54.0 Å². The van der Waals surface area contributed by atoms with Crippen molar-refractivity contribution in [3.63, 3.8) is 0 Å². The molecule has 0 amide bonds. The Morgan fingerprint density at radius 3 is 2.35 bits per heavy atom. The van der Waals surface area contributed by atoms with Gasteiger partial charge in [-0.25, -0.2) is 0 Å². The number of hydrogen-bond acceptors (Lipinski definition) is 4. The van der Waals surface area contributed by atoms with E-state index in [1.54, 1.807) is 30.3 Å². The van der Waals surface area contributed by atoms with Gasteiger partial charge in [0.15, 0.2) is 5.78 Å². The summed E-state index contributed by atoms with van der Waals surface area (Å²) >= 11 is 0. The summed E-state index contributed by atoms with van der Waals surface area (Å²) in [6.45, 7) is 7.20. The Hall–Kier alpha value is -2.88. The molecule has 0 aliphatic heterocycles. The molecule has 0 spiro atoms. The highest BCUT2D eigenvalue weighted by atomic mass is 16.3. The molecular weight excluding hydrogens is 252 g/mol. The van der Waals surface area contributed by atoms with Gasteiger partial charge in [-0.2, -0.15) is 0 Å². The largest absolute Gasteiger partial charge is 0.508 e. The lowest BCUT2D eigenvalue weighted by Gasteiger charge is -2.08. The molecular formula is C16H14N2O2. The molecule has 2 rings (SSSR count). The van der Waals surface area contributed by atoms with Crippen molar-refractivity contribution in [3.05, 3.63) is 60.2 Å². The predicted octanol–water partition coefficient (Wildman–Crippen LogP) is 3.20. The van der Waals surface area contributed by atoms with E-state index in [2.05, 4.69) is 18.3 Å². The molecule has 0 aliphatic rings. The smallest absolute Gasteiger partial charge is 0.195 e. The molecule has 0 atom stereocenters. The Labute approximate surface area is 116 Å². The first-order valence-electron chi connectivity index (χ1n) is 5.92. The topological polar surface area (TPSA) is 75.7 Å². The number of phenolic OH excluding ortho intramolecular Hbond substituents is 1. The van der Waals surface area contributed by atoms with Crippen LogP contribution in [-0.4, -0.2) is 17.6 Å². The summed E-state index contributed by atoms with van der Waals surface area (Å²) in [6, 6.07) is 11.1. The van der Waals surface area contributed by atoms with Crippen molar-refractivity contribution in [3.8, 4) is 5.75 Å². The summed E-state index contributed by atoms with van der Waals surface area (Å²) in [4.78, 5) is 16.1. The minimum absolute atomic E-state index is 0.134. The lowest BCUT2D eigenvalue weighted by atomic mass is 9.97. The molecule has 20 heavy (non-hydrogen) atoms. The van der Waals surface area contributed by atoms with Gasteiger partial charge in [0.2, 0.25) is 0 Å². The third-order valence-corrected chi connectivity index (χ3v) is 2.95. The molecule has 0 heterocycles. The highest BCUT2D eigenvalue weighted by molar-refractivity contribution is 6.30. The zero-order chi connectivity index (χ0) is 14.7. The molecule has 0 bridgehead atoms. The van der Waals surface area contributed by atoms with Crippen LogP contribution in [0.3, 0.4) is 0 Å². The molecule has 0 aromatic heterocycles. The summed E-state index contributed by atoms with van der Waals surface area (Å²) in [6.07, 6.45) is 0. The highest BCUT2D eigenvalue weighted by Crippen LogP contribution is 2.26. The highest BCUT2D eigenvalue weighted by Gasteiger charge is 2.15. The summed E-state index contributed by atoms with van der Waals surface area (Å²) in [7, 11) is 0. The van der Waals surface area contributed by atoms with Gasteiger partial charge in [0.05, 0.1) is 5.69 Å². The molecule has 0 aliphatic carbocycles. The Morgan fingerprint density at radius 2 is 1.80 bits per heavy atom. The second-order valence-electron chi connectivity index (χ2n) is 4.28. The maximum Gasteiger partial charge on any atom is 0.195 e. The monoisotopic (exact) mass is 266 g/mol. The number of allylic oxidation sites excluding steroid dienone is 1. The number of aliphatic imine (C=N–C) groups is 1. The van der Waals surface area contributed by atoms with Gasteiger partial charge in [-0.05, 0) is 42.6 Å². The molecule has 0 unspecified atom stereocenters. The van der Waals surface area contributed by atoms with Crippen molar-refractivity contribution in [1.29, 1.82) is 0 Å². The molecule has 0 saturated carbocycles. The Morgan fingerprint density at radius 1 is 1.15 bits per heavy atom. The lowest BCUT2D eigenvalue weighted by molar-refractivity contribution is 0.105. The number of phenols is 1. The van der Waals surface area contributed by atoms with Crippen LogP contribution < -0.4 is 5.73 Å². The number of ketones is 1. The normalized spacial score (nSPS) is 10.0. The quantitative estimate of drug-likeness (QED) is 0.386. The van der Waals surface area contributed by atoms with Crippen molar-refractivity contribution in [1.82, 2.24) is 0 Å². The van der Waals surface area contributed by atoms with Crippen molar-refractivity contribution in [2.24, 2.45) is 4.99 Å². The molecule has 4 heteroatoms. The van der Waals surface area contributed by atoms with Crippen LogP contribution >= 0.6 is 0 Å². The molecule has 2 aromatic rings. The number of aromatic hydroxyl groups is 1. The third kappa shape index (κ3) is 2.59. The third-order valence-electron chi connectivity index (χ3n) is 2.95. The maximum atomic E-state index is 12.4. The van der Waals surface area contributed by atoms with Crippen molar-refractivity contribution < 1.29 is 9.90 Å². The van der Waals surface area contributed by atoms with Crippen LogP contribution in [0.1, 0.15) is 15.9 Å². The van der Waals surface area contributed by atoms with Crippen LogP contribution in [0, 0.1) is 0 Å². The summed E-state index contributed by atoms with van der Waals surface area (Å²) in [5.74, 6) is -0.126. The van der Waals surface area contributed by atoms with Crippen LogP contribution in [0.5, 0.6) is 5.75 Å². The Kier molecular flexibility index (Phi) is 3.66. The minimum atomic E-state index is -0.260. The second-order valence-corrected chi connectivity index (χ2v) is 4.28. The number of hydrogen-bond donors (Lipinski definition) is 2. The van der Waals surface area contributed by atoms with Crippen LogP contribution in [0.25, 0.3) is 5.57 Å². The number of carbonyl (C=O) groups is 1. The second kappa shape index (κ2) is 5.40. The summed E-state index contributed by atoms with van der Waals surface area (Å²) in [5.41, 5.74) is 8.11. The first kappa shape index (κ1) is 13.5. The van der Waals surface area contributed by atoms with Crippen LogP contribution in [0.4, 0.5) is 11.4 Å². The molecule has 3 N–H and O–H groups in total. The Balaban J connectivity index is 2.33. The molecule has 0 radical (unpaired) electrons. The average molecular weight is 266 g/mol. The van der Waals surface area contributed by atoms with Gasteiger partial charge in [0.25, 0.3) is 0 Å². The fourth-order valence-corrected chi connectivity index (χ4v) is 1.81. The summed E-state index contributed by atoms with van der Waals surface area (Å²) < 4.78 is 0. The van der Waals surface area contributed by atoms with Crippen molar-refractivity contribution in [2.45, 2.75) is 0 Å². The van der Waals surface area contributed by atoms with Gasteiger partial charge in [-0.15, -0.1) is 0 Å². The average Bonchev–Trinajstić information content (AvgIpc) is 2.46. The number of benzene rings is 2. The first-order valence-corrected chi connectivity index (χ1v) is 5.92. The fraction of sp³-hybridized carbons (Fsp3) is 0. The number of rotatable bonds is 4. The number of Topliss-reactive ketones (excluding diaryl/α,β-unsaturated/α-hetero) is 1. The van der Waals surface area contributed by atoms with Gasteiger partial charge in [-0.3, -0.25) is 9.79 Å². The molecule has 4 nitrogen and oxygen atoms in total. The minimum Gasteiger partial charge on any atom is -0.508 e. The number of nitrogen functional groups attached to an aromatic ring is 1. The van der Waals surface area contributed by atoms with E-state index in [1.807, 2.05) is 0 Å². The van der Waals surface area contributed by atoms with E-state index in [4.69, 9.17) is 5.73 Å². The van der Waals surface area contributed by atoms with Gasteiger partial charge in [0, 0.05) is 16.8 Å². The van der Waals surface area contributed by atoms with E-state index in [0.717, 1.165) is 0 Å². The predicted molar refractivity (Wildman–Crippen MR) is 81.5 cm³/mol. The van der Waals surface area contributed by atoms with Crippen molar-refractivity contribution in [2.75, 3.05) is 5.73 Å². The number of nitrogens with two attached hydrogens (primary N) is 1. The number of anilines is 1. The van der Waals surface area contributed by atoms with Crippen LogP contribution in [0.2, 0.25) is 0 Å². The zero-order valence-corrected chi connectivity index (χ0v) is 10.8. The molecule has 2 aromatic carbocycles. The number of nitrogens with zero attached hydrogens (tertiary/aromatic N) is 1. The lowest BCUT2D eigenvalue weighted by Crippen LogP contribution is -2.05. The first-order chi connectivity index (χ1) is 9.52. The fourth-order valence-electron chi connectivity index (χ4n) is 1.81. The van der Waals surface area contributed by atoms with Crippen LogP contribution in [-0.2, 0) is 0 Å². The van der Waals surface area contributed by atoms with E-state index in [-0.39, 0.29) is 11.5 Å². The molecule has 0 fully saturated rings. The molecule has 100 valence electrons. The van der Waals surface area contributed by atoms with Gasteiger partial charge < -0.3 is 10.8 Å². The maximum absolute atomic E-state index is 12.4.